The fourth-order valence-corrected chi connectivity index (χ4v) is 19.7. The van der Waals surface area contributed by atoms with Gasteiger partial charge >= 0.3 is 0 Å². The van der Waals surface area contributed by atoms with Crippen LogP contribution in [0.2, 0.25) is 45.2 Å². The zero-order valence-corrected chi connectivity index (χ0v) is 82.6. The summed E-state index contributed by atoms with van der Waals surface area (Å²) in [6.07, 6.45) is 8.51. The lowest BCUT2D eigenvalue weighted by Crippen LogP contribution is -2.54. The molecule has 15 rings (SSSR count). The number of carbonyl (C=O) groups is 3. The average Bonchev–Trinajstić information content (AvgIpc) is 0.726. The maximum atomic E-state index is 15.6. The normalized spacial score (nSPS) is 15.0. The van der Waals surface area contributed by atoms with Crippen LogP contribution in [0.3, 0.4) is 0 Å². The van der Waals surface area contributed by atoms with Crippen molar-refractivity contribution in [3.63, 3.8) is 0 Å². The van der Waals surface area contributed by atoms with Gasteiger partial charge in [0.25, 0.3) is 16.7 Å². The number of nitriles is 3. The molecule has 27 nitrogen and oxygen atoms in total. The van der Waals surface area contributed by atoms with Crippen LogP contribution in [0.5, 0.6) is 0 Å². The first-order valence-corrected chi connectivity index (χ1v) is 46.0. The van der Waals surface area contributed by atoms with E-state index in [9.17, 15) is 44.6 Å². The lowest BCUT2D eigenvalue weighted by molar-refractivity contribution is -0.129. The number of piperazine rings is 3. The quantitative estimate of drug-likeness (QED) is 0.0282. The lowest BCUT2D eigenvalue weighted by atomic mass is 10.0. The van der Waals surface area contributed by atoms with E-state index in [1.54, 1.807) is 72.3 Å². The Hall–Kier alpha value is -12.7. The number of anilines is 6. The number of halogens is 15. The van der Waals surface area contributed by atoms with Crippen molar-refractivity contribution in [3.05, 3.63) is 255 Å². The summed E-state index contributed by atoms with van der Waals surface area (Å²) in [4.78, 5) is 119. The monoisotopic (exact) mass is 2060 g/mol. The van der Waals surface area contributed by atoms with Gasteiger partial charge in [0.05, 0.1) is 132 Å². The summed E-state index contributed by atoms with van der Waals surface area (Å²) in [5.41, 5.74) is 15.3. The van der Waals surface area contributed by atoms with E-state index in [4.69, 9.17) is 122 Å². The minimum Gasteiger partial charge on any atom is -0.395 e. The number of fused-ring (bicyclic) bond motifs is 3. The third kappa shape index (κ3) is 18.0. The second-order valence-electron chi connectivity index (χ2n) is 33.8. The molecule has 714 valence electrons. The Kier molecular flexibility index (Phi) is 30.3. The molecule has 42 heteroatoms. The second kappa shape index (κ2) is 40.8. The van der Waals surface area contributed by atoms with Gasteiger partial charge in [-0.3, -0.25) is 57.4 Å². The van der Waals surface area contributed by atoms with E-state index in [0.29, 0.717) is 50.8 Å². The van der Waals surface area contributed by atoms with Crippen LogP contribution in [0.1, 0.15) is 131 Å². The van der Waals surface area contributed by atoms with Crippen LogP contribution in [-0.2, 0) is 14.4 Å². The number of amides is 3. The third-order valence-corrected chi connectivity index (χ3v) is 27.2. The summed E-state index contributed by atoms with van der Waals surface area (Å²) >= 11 is 56.6. The van der Waals surface area contributed by atoms with E-state index in [0.717, 1.165) is 0 Å². The topological polar surface area (TPSA) is 363 Å². The third-order valence-electron chi connectivity index (χ3n) is 24.1. The molecule has 9 aromatic heterocycles. The molecule has 3 aliphatic rings. The van der Waals surface area contributed by atoms with Gasteiger partial charge in [0.1, 0.15) is 66.9 Å². The highest BCUT2D eigenvalue weighted by Gasteiger charge is 2.40. The lowest BCUT2D eigenvalue weighted by Gasteiger charge is -2.41. The van der Waals surface area contributed by atoms with Crippen LogP contribution in [-0.4, -0.2) is 153 Å². The van der Waals surface area contributed by atoms with Crippen LogP contribution in [0.25, 0.3) is 83.9 Å². The first-order chi connectivity index (χ1) is 65.2. The van der Waals surface area contributed by atoms with Crippen molar-refractivity contribution in [2.45, 2.75) is 119 Å². The molecular formula is C96H84Cl9F6N21O6. The van der Waals surface area contributed by atoms with Crippen molar-refractivity contribution in [3.8, 4) is 69.0 Å². The average molecular weight is 2060 g/mol. The highest BCUT2D eigenvalue weighted by atomic mass is 35.5. The molecule has 0 unspecified atom stereocenters. The zero-order chi connectivity index (χ0) is 101. The maximum Gasteiger partial charge on any atom is 0.276 e. The number of nitrogen functional groups attached to an aromatic ring is 3. The molecule has 3 saturated heterocycles. The van der Waals surface area contributed by atoms with Gasteiger partial charge in [-0.15, -0.1) is 0 Å². The molecule has 0 aliphatic carbocycles. The Labute approximate surface area is 831 Å². The van der Waals surface area contributed by atoms with Gasteiger partial charge in [-0.2, -0.15) is 15.8 Å². The van der Waals surface area contributed by atoms with E-state index in [-0.39, 0.29) is 212 Å². The Morgan fingerprint density at radius 1 is 0.399 bits per heavy atom. The summed E-state index contributed by atoms with van der Waals surface area (Å²) in [6.45, 7) is 35.3. The SMILES string of the molecule is C=CC(=O)N1CCN(c2c(C#N)c(=O)n(-c3c(C)ccnc3C(C)C)c3nc(-c4c(F)c(N)c(Cl)c(F)c4Cl)c(Cl)cc23)C[C@H]1C.C=CC(=O)N1CCN(c2c(C#N)c(=O)n(-c3c(C)ccnc3C(C)C)c3nc(-c4c(F)c(N)c(Cl)c(F)c4Cl)c(Cl)cc23)C[C@H]1C.C=CC(=O)N1CCN(c2c(C#N)c(=O)n(-c3c(C)ccnc3C(C)C)c3nc(-c4c(F)c(N)c(Cl)c(F)c4Cl)c(Cl)cc23)C[C@H]1C. The van der Waals surface area contributed by atoms with Crippen molar-refractivity contribution >= 4 is 189 Å². The Morgan fingerprint density at radius 2 is 0.630 bits per heavy atom. The van der Waals surface area contributed by atoms with Crippen molar-refractivity contribution in [2.24, 2.45) is 0 Å². The summed E-state index contributed by atoms with van der Waals surface area (Å²) < 4.78 is 95.7. The number of rotatable bonds is 15. The van der Waals surface area contributed by atoms with Gasteiger partial charge in [0.2, 0.25) is 17.7 Å². The molecule has 0 spiro atoms. The Balaban J connectivity index is 0.000000175. The van der Waals surface area contributed by atoms with Gasteiger partial charge in [0, 0.05) is 112 Å². The molecule has 12 aromatic rings. The minimum atomic E-state index is -1.17. The number of hydrogen-bond acceptors (Lipinski definition) is 21. The van der Waals surface area contributed by atoms with E-state index in [1.807, 2.05) is 77.0 Å². The number of carbonyl (C=O) groups excluding carboxylic acids is 3. The molecule has 12 heterocycles. The fourth-order valence-electron chi connectivity index (χ4n) is 17.5. The van der Waals surface area contributed by atoms with Crippen molar-refractivity contribution in [2.75, 3.05) is 90.8 Å². The number of benzene rings is 3. The van der Waals surface area contributed by atoms with E-state index < -0.39 is 115 Å². The first-order valence-electron chi connectivity index (χ1n) is 42.6. The van der Waals surface area contributed by atoms with Gasteiger partial charge < -0.3 is 46.6 Å². The predicted molar refractivity (Wildman–Crippen MR) is 531 cm³/mol. The maximum absolute atomic E-state index is 15.6. The predicted octanol–water partition coefficient (Wildman–Crippen LogP) is 20.4. The Bertz CT molecular complexity index is 6790. The molecule has 6 N–H and O–H groups in total. The van der Waals surface area contributed by atoms with Gasteiger partial charge in [0.15, 0.2) is 34.9 Å². The smallest absolute Gasteiger partial charge is 0.276 e. The summed E-state index contributed by atoms with van der Waals surface area (Å²) in [7, 11) is 0. The van der Waals surface area contributed by atoms with E-state index in [2.05, 4.69) is 67.8 Å². The first kappa shape index (κ1) is 103. The number of nitrogens with zero attached hydrogens (tertiary/aromatic N) is 18. The largest absolute Gasteiger partial charge is 0.395 e. The van der Waals surface area contributed by atoms with Crippen LogP contribution >= 0.6 is 104 Å². The molecule has 3 amide bonds. The second-order valence-corrected chi connectivity index (χ2v) is 37.3. The standard InChI is InChI=1S/3C32H28Cl3F2N7O2/c3*1-6-20(45)43-10-9-42(13-16(43)5)30-17-11-19(33)28(21-22(34)25(37)23(35)26(39)24(21)36)41-31(17)44(32(46)18(30)12-38)29-15(4)7-8-40-27(29)14(2)3/h3*6-8,11,14,16H,1,9-10,13,39H2,2-5H3/t3*16-/m111/s1. The van der Waals surface area contributed by atoms with Crippen molar-refractivity contribution in [1.82, 2.24) is 58.3 Å². The molecule has 3 aromatic carbocycles. The highest BCUT2D eigenvalue weighted by Crippen LogP contribution is 2.50. The molecule has 3 aliphatic heterocycles. The van der Waals surface area contributed by atoms with E-state index >= 15 is 26.3 Å². The molecule has 138 heavy (non-hydrogen) atoms. The molecule has 0 saturated carbocycles. The van der Waals surface area contributed by atoms with Crippen LogP contribution in [0.4, 0.5) is 60.5 Å². The molecule has 0 bridgehead atoms. The van der Waals surface area contributed by atoms with Gasteiger partial charge in [-0.25, -0.2) is 41.3 Å². The van der Waals surface area contributed by atoms with Crippen molar-refractivity contribution < 1.29 is 40.7 Å². The number of aromatic nitrogens is 9. The number of nitrogens with two attached hydrogens (primary N) is 3. The highest BCUT2D eigenvalue weighted by molar-refractivity contribution is 6.42. The molecule has 3 fully saturated rings. The summed E-state index contributed by atoms with van der Waals surface area (Å²) in [6, 6.07) is 14.7. The molecule has 3 atom stereocenters. The van der Waals surface area contributed by atoms with E-state index in [1.165, 1.54) is 50.1 Å². The fraction of sp³-hybridized carbons (Fsp3) is 0.281. The molecular weight excluding hydrogens is 1980 g/mol. The zero-order valence-electron chi connectivity index (χ0n) is 75.8. The van der Waals surface area contributed by atoms with Crippen LogP contribution < -0.4 is 48.6 Å². The van der Waals surface area contributed by atoms with Crippen molar-refractivity contribution in [1.29, 1.82) is 15.8 Å². The molecule has 0 radical (unpaired) electrons. The number of hydrogen-bond donors (Lipinski definition) is 3. The van der Waals surface area contributed by atoms with Gasteiger partial charge in [-0.05, 0) is 131 Å². The van der Waals surface area contributed by atoms with Crippen LogP contribution in [0, 0.1) is 89.7 Å². The number of pyridine rings is 9. The van der Waals surface area contributed by atoms with Crippen LogP contribution in [0.15, 0.2) is 107 Å². The van der Waals surface area contributed by atoms with Gasteiger partial charge in [-0.1, -0.05) is 166 Å². The number of aryl methyl sites for hydroxylation is 3. The minimum absolute atomic E-state index is 0.0157. The summed E-state index contributed by atoms with van der Waals surface area (Å²) in [5.74, 6) is -8.18. The Morgan fingerprint density at radius 3 is 0.833 bits per heavy atom. The summed E-state index contributed by atoms with van der Waals surface area (Å²) in [5, 5.41) is 27.5.